The lowest BCUT2D eigenvalue weighted by molar-refractivity contribution is -0.139. The largest absolute Gasteiger partial charge is 0.491 e. The molecule has 1 heterocycles. The van der Waals surface area contributed by atoms with Crippen molar-refractivity contribution in [1.29, 1.82) is 0 Å². The molecule has 0 fully saturated rings. The second kappa shape index (κ2) is 8.81. The number of nitrogens with one attached hydrogen (secondary N) is 1. The van der Waals surface area contributed by atoms with E-state index >= 15 is 0 Å². The van der Waals surface area contributed by atoms with Gasteiger partial charge in [-0.2, -0.15) is 0 Å². The van der Waals surface area contributed by atoms with E-state index in [1.807, 2.05) is 45.0 Å². The Bertz CT molecular complexity index is 709. The van der Waals surface area contributed by atoms with Crippen molar-refractivity contribution in [1.82, 2.24) is 4.98 Å². The quantitative estimate of drug-likeness (QED) is 0.724. The number of amides is 1. The van der Waals surface area contributed by atoms with Crippen LogP contribution >= 0.6 is 0 Å². The maximum atomic E-state index is 12.8. The van der Waals surface area contributed by atoms with Crippen LogP contribution in [0.5, 0.6) is 5.75 Å². The summed E-state index contributed by atoms with van der Waals surface area (Å²) >= 11 is 0. The zero-order valence-electron chi connectivity index (χ0n) is 15.6. The summed E-state index contributed by atoms with van der Waals surface area (Å²) < 4.78 is 11.5. The number of fused-ring (bicyclic) bond motifs is 1. The molecule has 0 spiro atoms. The average Bonchev–Trinajstić information content (AvgIpc) is 2.61. The average molecular weight is 344 g/mol. The van der Waals surface area contributed by atoms with Crippen LogP contribution in [0.15, 0.2) is 30.5 Å². The molecule has 0 saturated heterocycles. The fraction of sp³-hybridized carbons (Fsp3) is 0.500. The van der Waals surface area contributed by atoms with Gasteiger partial charge >= 0.3 is 0 Å². The molecular formula is C20H28N2O3. The number of nitrogens with zero attached hydrogens (tertiary/aromatic N) is 1. The lowest BCUT2D eigenvalue weighted by Gasteiger charge is -2.28. The molecule has 5 nitrogen and oxygen atoms in total. The highest BCUT2D eigenvalue weighted by Crippen LogP contribution is 2.31. The van der Waals surface area contributed by atoms with Crippen LogP contribution < -0.4 is 10.1 Å². The third-order valence-electron chi connectivity index (χ3n) is 4.11. The summed E-state index contributed by atoms with van der Waals surface area (Å²) in [5.74, 6) is 0.597. The molecule has 0 unspecified atom stereocenters. The monoisotopic (exact) mass is 344 g/mol. The van der Waals surface area contributed by atoms with Crippen molar-refractivity contribution in [3.8, 4) is 5.75 Å². The predicted molar refractivity (Wildman–Crippen MR) is 101 cm³/mol. The molecule has 5 heteroatoms. The SMILES string of the molecule is CCCOc1ccc(NC(=O)[C@@](C)(CCC)OCC)c2cccnc12. The van der Waals surface area contributed by atoms with Crippen molar-refractivity contribution >= 4 is 22.5 Å². The summed E-state index contributed by atoms with van der Waals surface area (Å²) in [5.41, 5.74) is 0.636. The Kier molecular flexibility index (Phi) is 6.76. The Morgan fingerprint density at radius 1 is 1.20 bits per heavy atom. The van der Waals surface area contributed by atoms with E-state index in [4.69, 9.17) is 9.47 Å². The van der Waals surface area contributed by atoms with Gasteiger partial charge in [-0.05, 0) is 51.0 Å². The Morgan fingerprint density at radius 3 is 2.68 bits per heavy atom. The first-order chi connectivity index (χ1) is 12.1. The van der Waals surface area contributed by atoms with E-state index < -0.39 is 5.60 Å². The number of ether oxygens (including phenoxy) is 2. The van der Waals surface area contributed by atoms with E-state index in [0.29, 0.717) is 19.6 Å². The van der Waals surface area contributed by atoms with Crippen LogP contribution in [0.1, 0.15) is 47.0 Å². The zero-order chi connectivity index (χ0) is 18.3. The fourth-order valence-electron chi connectivity index (χ4n) is 2.89. The lowest BCUT2D eigenvalue weighted by Crippen LogP contribution is -2.42. The van der Waals surface area contributed by atoms with Crippen molar-refractivity contribution in [2.24, 2.45) is 0 Å². The van der Waals surface area contributed by atoms with Gasteiger partial charge in [0.05, 0.1) is 12.3 Å². The number of hydrogen-bond acceptors (Lipinski definition) is 4. The van der Waals surface area contributed by atoms with Gasteiger partial charge in [0.1, 0.15) is 16.9 Å². The van der Waals surface area contributed by atoms with Crippen molar-refractivity contribution in [3.05, 3.63) is 30.5 Å². The number of hydrogen-bond donors (Lipinski definition) is 1. The maximum absolute atomic E-state index is 12.8. The first-order valence-electron chi connectivity index (χ1n) is 9.01. The van der Waals surface area contributed by atoms with Gasteiger partial charge in [0.2, 0.25) is 0 Å². The number of benzene rings is 1. The Hall–Kier alpha value is -2.14. The summed E-state index contributed by atoms with van der Waals surface area (Å²) in [6, 6.07) is 7.52. The van der Waals surface area contributed by atoms with Crippen LogP contribution in [0.2, 0.25) is 0 Å². The van der Waals surface area contributed by atoms with Crippen LogP contribution in [-0.2, 0) is 9.53 Å². The van der Waals surface area contributed by atoms with Crippen molar-refractivity contribution in [2.75, 3.05) is 18.5 Å². The minimum absolute atomic E-state index is 0.136. The first kappa shape index (κ1) is 19.2. The third kappa shape index (κ3) is 4.48. The molecule has 136 valence electrons. The molecule has 2 rings (SSSR count). The molecule has 2 aromatic rings. The highest BCUT2D eigenvalue weighted by molar-refractivity contribution is 6.05. The molecule has 0 radical (unpaired) electrons. The fourth-order valence-corrected chi connectivity index (χ4v) is 2.89. The van der Waals surface area contributed by atoms with Crippen LogP contribution in [0.25, 0.3) is 10.9 Å². The predicted octanol–water partition coefficient (Wildman–Crippen LogP) is 4.56. The van der Waals surface area contributed by atoms with Gasteiger partial charge in [0.25, 0.3) is 5.91 Å². The Balaban J connectivity index is 2.33. The van der Waals surface area contributed by atoms with Gasteiger partial charge in [-0.1, -0.05) is 20.3 Å². The normalized spacial score (nSPS) is 13.4. The zero-order valence-corrected chi connectivity index (χ0v) is 15.6. The molecule has 1 N–H and O–H groups in total. The topological polar surface area (TPSA) is 60.5 Å². The molecule has 0 aliphatic carbocycles. The van der Waals surface area contributed by atoms with Gasteiger partial charge in [0.15, 0.2) is 0 Å². The molecule has 0 aliphatic rings. The molecule has 1 aromatic heterocycles. The van der Waals surface area contributed by atoms with Crippen LogP contribution in [0, 0.1) is 0 Å². The van der Waals surface area contributed by atoms with Crippen LogP contribution in [0.4, 0.5) is 5.69 Å². The molecule has 0 bridgehead atoms. The van der Waals surface area contributed by atoms with E-state index in [1.54, 1.807) is 6.20 Å². The van der Waals surface area contributed by atoms with Crippen molar-refractivity contribution in [3.63, 3.8) is 0 Å². The number of pyridine rings is 1. The van der Waals surface area contributed by atoms with Gasteiger partial charge in [-0.15, -0.1) is 0 Å². The molecule has 1 amide bonds. The summed E-state index contributed by atoms with van der Waals surface area (Å²) in [6.45, 7) is 8.98. The smallest absolute Gasteiger partial charge is 0.256 e. The number of carbonyl (C=O) groups excluding carboxylic acids is 1. The summed E-state index contributed by atoms with van der Waals surface area (Å²) in [5, 5.41) is 3.88. The van der Waals surface area contributed by atoms with Crippen LogP contribution in [-0.4, -0.2) is 29.7 Å². The number of aromatic nitrogens is 1. The van der Waals surface area contributed by atoms with E-state index in [1.165, 1.54) is 0 Å². The third-order valence-corrected chi connectivity index (χ3v) is 4.11. The second-order valence-corrected chi connectivity index (χ2v) is 6.23. The Morgan fingerprint density at radius 2 is 2.00 bits per heavy atom. The highest BCUT2D eigenvalue weighted by atomic mass is 16.5. The number of rotatable bonds is 9. The molecule has 25 heavy (non-hydrogen) atoms. The molecule has 0 saturated carbocycles. The van der Waals surface area contributed by atoms with E-state index in [-0.39, 0.29) is 5.91 Å². The standard InChI is InChI=1S/C20H28N2O3/c1-5-12-20(4,25-7-3)19(23)22-16-10-11-17(24-14-6-2)18-15(16)9-8-13-21-18/h8-11,13H,5-7,12,14H2,1-4H3,(H,22,23)/t20-/m1/s1. The summed E-state index contributed by atoms with van der Waals surface area (Å²) in [7, 11) is 0. The highest BCUT2D eigenvalue weighted by Gasteiger charge is 2.33. The molecule has 1 aromatic carbocycles. The van der Waals surface area contributed by atoms with Crippen molar-refractivity contribution in [2.45, 2.75) is 52.6 Å². The summed E-state index contributed by atoms with van der Waals surface area (Å²) in [4.78, 5) is 17.3. The first-order valence-corrected chi connectivity index (χ1v) is 9.01. The minimum Gasteiger partial charge on any atom is -0.491 e. The maximum Gasteiger partial charge on any atom is 0.256 e. The van der Waals surface area contributed by atoms with Gasteiger partial charge in [-0.3, -0.25) is 9.78 Å². The van der Waals surface area contributed by atoms with Gasteiger partial charge < -0.3 is 14.8 Å². The number of anilines is 1. The lowest BCUT2D eigenvalue weighted by atomic mass is 9.98. The van der Waals surface area contributed by atoms with E-state index in [9.17, 15) is 4.79 Å². The van der Waals surface area contributed by atoms with Crippen LogP contribution in [0.3, 0.4) is 0 Å². The van der Waals surface area contributed by atoms with E-state index in [0.717, 1.165) is 35.2 Å². The Labute approximate surface area is 149 Å². The van der Waals surface area contributed by atoms with E-state index in [2.05, 4.69) is 17.2 Å². The van der Waals surface area contributed by atoms with Gasteiger partial charge in [0, 0.05) is 18.2 Å². The summed E-state index contributed by atoms with van der Waals surface area (Å²) in [6.07, 6.45) is 4.20. The molecule has 0 aliphatic heterocycles. The second-order valence-electron chi connectivity index (χ2n) is 6.23. The minimum atomic E-state index is -0.838. The molecule has 1 atom stereocenters. The number of carbonyl (C=O) groups is 1. The van der Waals surface area contributed by atoms with Crippen molar-refractivity contribution < 1.29 is 14.3 Å². The van der Waals surface area contributed by atoms with Gasteiger partial charge in [-0.25, -0.2) is 0 Å². The molecular weight excluding hydrogens is 316 g/mol.